The standard InChI is InChI=1S/C20H36N7O6P/c1-5-7-9-23-34(30,24-10-8-6-2)32-11-13-15(28)20(3,29)18(33-13)27-12-22-14-16(27)25-19(21)26-17(14)31-4/h12-13,15,18,28-29H,5-11H2,1-4H3,(H2,21,25,26)(H2,23,24,30). The third-order valence-corrected chi connectivity index (χ3v) is 7.52. The van der Waals surface area contributed by atoms with Crippen molar-refractivity contribution in [1.29, 1.82) is 0 Å². The van der Waals surface area contributed by atoms with Crippen LogP contribution in [0.5, 0.6) is 5.88 Å². The molecular formula is C20H36N7O6P. The first kappa shape index (κ1) is 26.7. The van der Waals surface area contributed by atoms with Gasteiger partial charge in [0, 0.05) is 13.1 Å². The first-order chi connectivity index (χ1) is 16.2. The van der Waals surface area contributed by atoms with Gasteiger partial charge in [-0.15, -0.1) is 0 Å². The highest BCUT2D eigenvalue weighted by molar-refractivity contribution is 7.54. The smallest absolute Gasteiger partial charge is 0.340 e. The number of aliphatic hydroxyl groups excluding tert-OH is 1. The van der Waals surface area contributed by atoms with Crippen molar-refractivity contribution in [2.24, 2.45) is 0 Å². The molecule has 14 heteroatoms. The average molecular weight is 502 g/mol. The summed E-state index contributed by atoms with van der Waals surface area (Å²) in [5.74, 6) is 0.137. The summed E-state index contributed by atoms with van der Waals surface area (Å²) in [5, 5.41) is 27.9. The van der Waals surface area contributed by atoms with Gasteiger partial charge in [-0.3, -0.25) is 9.13 Å². The number of imidazole rings is 1. The summed E-state index contributed by atoms with van der Waals surface area (Å²) >= 11 is 0. The lowest BCUT2D eigenvalue weighted by molar-refractivity contribution is -0.0947. The Morgan fingerprint density at radius 3 is 2.50 bits per heavy atom. The van der Waals surface area contributed by atoms with Crippen LogP contribution in [0.3, 0.4) is 0 Å². The Morgan fingerprint density at radius 1 is 1.26 bits per heavy atom. The van der Waals surface area contributed by atoms with Crippen LogP contribution in [0.2, 0.25) is 0 Å². The molecule has 13 nitrogen and oxygen atoms in total. The number of methoxy groups -OCH3 is 1. The third kappa shape index (κ3) is 5.68. The van der Waals surface area contributed by atoms with Gasteiger partial charge in [-0.25, -0.2) is 15.2 Å². The number of anilines is 1. The first-order valence-corrected chi connectivity index (χ1v) is 13.1. The highest BCUT2D eigenvalue weighted by atomic mass is 31.2. The van der Waals surface area contributed by atoms with Crippen molar-refractivity contribution in [2.45, 2.75) is 70.5 Å². The van der Waals surface area contributed by atoms with Crippen molar-refractivity contribution in [3.63, 3.8) is 0 Å². The minimum absolute atomic E-state index is 0.0404. The molecule has 1 aliphatic rings. The molecule has 3 rings (SSSR count). The van der Waals surface area contributed by atoms with Crippen LogP contribution in [0.1, 0.15) is 52.7 Å². The van der Waals surface area contributed by atoms with E-state index < -0.39 is 31.7 Å². The number of nitrogens with two attached hydrogens (primary N) is 1. The molecule has 0 bridgehead atoms. The maximum Gasteiger partial charge on any atom is 0.340 e. The molecule has 2 aromatic rings. The first-order valence-electron chi connectivity index (χ1n) is 11.5. The van der Waals surface area contributed by atoms with Gasteiger partial charge in [0.15, 0.2) is 17.4 Å². The second-order valence-electron chi connectivity index (χ2n) is 8.48. The highest BCUT2D eigenvalue weighted by Gasteiger charge is 2.54. The fraction of sp³-hybridized carbons (Fsp3) is 0.750. The molecule has 6 N–H and O–H groups in total. The minimum atomic E-state index is -3.38. The van der Waals surface area contributed by atoms with E-state index in [1.54, 1.807) is 0 Å². The quantitative estimate of drug-likeness (QED) is 0.197. The average Bonchev–Trinajstić information content (AvgIpc) is 3.30. The van der Waals surface area contributed by atoms with Gasteiger partial charge in [-0.2, -0.15) is 9.97 Å². The van der Waals surface area contributed by atoms with Crippen molar-refractivity contribution < 1.29 is 28.8 Å². The predicted octanol–water partition coefficient (Wildman–Crippen LogP) is 1.33. The van der Waals surface area contributed by atoms with Gasteiger partial charge in [-0.1, -0.05) is 26.7 Å². The molecule has 0 radical (unpaired) electrons. The van der Waals surface area contributed by atoms with E-state index in [0.29, 0.717) is 18.6 Å². The lowest BCUT2D eigenvalue weighted by Crippen LogP contribution is -2.44. The van der Waals surface area contributed by atoms with Gasteiger partial charge in [0.1, 0.15) is 17.8 Å². The zero-order valence-electron chi connectivity index (χ0n) is 20.1. The van der Waals surface area contributed by atoms with Crippen LogP contribution in [0.15, 0.2) is 6.33 Å². The summed E-state index contributed by atoms with van der Waals surface area (Å²) in [5.41, 5.74) is 4.65. The van der Waals surface area contributed by atoms with E-state index in [-0.39, 0.29) is 24.1 Å². The Kier molecular flexibility index (Phi) is 8.85. The number of fused-ring (bicyclic) bond motifs is 1. The largest absolute Gasteiger partial charge is 0.479 e. The highest BCUT2D eigenvalue weighted by Crippen LogP contribution is 2.43. The number of nitrogens with one attached hydrogen (secondary N) is 2. The summed E-state index contributed by atoms with van der Waals surface area (Å²) in [4.78, 5) is 12.4. The van der Waals surface area contributed by atoms with Crippen LogP contribution in [-0.4, -0.2) is 74.3 Å². The normalized spacial score (nSPS) is 25.3. The number of ether oxygens (including phenoxy) is 2. The molecular weight excluding hydrogens is 465 g/mol. The molecule has 4 atom stereocenters. The molecule has 0 amide bonds. The van der Waals surface area contributed by atoms with Gasteiger partial charge >= 0.3 is 7.67 Å². The number of aliphatic hydroxyl groups is 2. The van der Waals surface area contributed by atoms with Crippen molar-refractivity contribution >= 4 is 24.8 Å². The summed E-state index contributed by atoms with van der Waals surface area (Å²) in [6.07, 6.45) is 1.59. The summed E-state index contributed by atoms with van der Waals surface area (Å²) in [6, 6.07) is 0. The number of nitrogen functional groups attached to an aromatic ring is 1. The number of rotatable bonds is 13. The summed E-state index contributed by atoms with van der Waals surface area (Å²) < 4.78 is 31.6. The van der Waals surface area contributed by atoms with E-state index in [0.717, 1.165) is 25.7 Å². The number of aromatic nitrogens is 4. The fourth-order valence-electron chi connectivity index (χ4n) is 3.73. The van der Waals surface area contributed by atoms with E-state index in [2.05, 4.69) is 25.1 Å². The molecule has 1 saturated heterocycles. The van der Waals surface area contributed by atoms with Crippen LogP contribution in [0.4, 0.5) is 5.95 Å². The second kappa shape index (κ2) is 11.3. The van der Waals surface area contributed by atoms with Crippen molar-refractivity contribution in [3.8, 4) is 5.88 Å². The van der Waals surface area contributed by atoms with E-state index in [1.807, 2.05) is 13.8 Å². The van der Waals surface area contributed by atoms with Crippen LogP contribution in [0.25, 0.3) is 11.2 Å². The molecule has 192 valence electrons. The van der Waals surface area contributed by atoms with Crippen LogP contribution in [-0.2, 0) is 13.8 Å². The van der Waals surface area contributed by atoms with E-state index >= 15 is 0 Å². The molecule has 0 aliphatic carbocycles. The number of unbranched alkanes of at least 4 members (excludes halogenated alkanes) is 2. The second-order valence-corrected chi connectivity index (χ2v) is 10.5. The van der Waals surface area contributed by atoms with Gasteiger partial charge in [0.25, 0.3) is 0 Å². The maximum atomic E-state index is 13.3. The van der Waals surface area contributed by atoms with E-state index in [4.69, 9.17) is 19.7 Å². The lowest BCUT2D eigenvalue weighted by atomic mass is 9.96. The Bertz CT molecular complexity index is 989. The van der Waals surface area contributed by atoms with E-state index in [9.17, 15) is 14.8 Å². The van der Waals surface area contributed by atoms with Gasteiger partial charge in [0.2, 0.25) is 11.8 Å². The fourth-order valence-corrected chi connectivity index (χ4v) is 5.29. The van der Waals surface area contributed by atoms with E-state index in [1.165, 1.54) is 24.9 Å². The van der Waals surface area contributed by atoms with Crippen molar-refractivity contribution in [3.05, 3.63) is 6.33 Å². The third-order valence-electron chi connectivity index (χ3n) is 5.73. The van der Waals surface area contributed by atoms with Gasteiger partial charge in [0.05, 0.1) is 20.0 Å². The predicted molar refractivity (Wildman–Crippen MR) is 126 cm³/mol. The van der Waals surface area contributed by atoms with Crippen LogP contribution in [0, 0.1) is 0 Å². The summed E-state index contributed by atoms with van der Waals surface area (Å²) in [7, 11) is -1.95. The topological polar surface area (TPSA) is 179 Å². The zero-order chi connectivity index (χ0) is 24.9. The molecule has 3 heterocycles. The summed E-state index contributed by atoms with van der Waals surface area (Å²) in [6.45, 7) is 6.34. The Balaban J connectivity index is 1.78. The van der Waals surface area contributed by atoms with Gasteiger partial charge in [-0.05, 0) is 19.8 Å². The zero-order valence-corrected chi connectivity index (χ0v) is 21.0. The monoisotopic (exact) mass is 501 g/mol. The molecule has 34 heavy (non-hydrogen) atoms. The lowest BCUT2D eigenvalue weighted by Gasteiger charge is -2.27. The number of hydrogen-bond acceptors (Lipinski definition) is 10. The van der Waals surface area contributed by atoms with Crippen LogP contribution < -0.4 is 20.6 Å². The van der Waals surface area contributed by atoms with Crippen molar-refractivity contribution in [1.82, 2.24) is 29.7 Å². The molecule has 4 unspecified atom stereocenters. The number of hydrogen-bond donors (Lipinski definition) is 5. The number of nitrogens with zero attached hydrogens (tertiary/aromatic N) is 4. The molecule has 0 spiro atoms. The van der Waals surface area contributed by atoms with Crippen LogP contribution >= 0.6 is 7.67 Å². The van der Waals surface area contributed by atoms with Gasteiger partial charge < -0.3 is 29.9 Å². The van der Waals surface area contributed by atoms with Crippen molar-refractivity contribution in [2.75, 3.05) is 32.5 Å². The molecule has 2 aromatic heterocycles. The molecule has 0 aromatic carbocycles. The Morgan fingerprint density at radius 2 is 1.91 bits per heavy atom. The molecule has 0 saturated carbocycles. The SMILES string of the molecule is CCCCNP(=O)(NCCCC)OCC1OC(n2cnc3c(OC)nc(N)nc32)C(C)(O)C1O. The molecule has 1 fully saturated rings. The maximum absolute atomic E-state index is 13.3. The minimum Gasteiger partial charge on any atom is -0.479 e. The molecule has 1 aliphatic heterocycles. The Hall–Kier alpha value is -1.86. The Labute approximate surface area is 199 Å².